The first kappa shape index (κ1) is 14.3. The van der Waals surface area contributed by atoms with Crippen molar-refractivity contribution in [3.63, 3.8) is 0 Å². The van der Waals surface area contributed by atoms with Gasteiger partial charge >= 0.3 is 0 Å². The van der Waals surface area contributed by atoms with E-state index < -0.39 is 0 Å². The average Bonchev–Trinajstić information content (AvgIpc) is 2.46. The zero-order chi connectivity index (χ0) is 13.8. The summed E-state index contributed by atoms with van der Waals surface area (Å²) in [7, 11) is 2.14. The van der Waals surface area contributed by atoms with E-state index in [-0.39, 0.29) is 6.61 Å². The molecule has 0 aliphatic heterocycles. The Hall–Kier alpha value is -1.09. The lowest BCUT2D eigenvalue weighted by Crippen LogP contribution is -2.34. The topological polar surface area (TPSA) is 36.4 Å². The van der Waals surface area contributed by atoms with Crippen molar-refractivity contribution in [2.75, 3.05) is 11.9 Å². The second-order valence-electron chi connectivity index (χ2n) is 5.97. The van der Waals surface area contributed by atoms with Crippen LogP contribution in [0.1, 0.15) is 63.1 Å². The van der Waals surface area contributed by atoms with E-state index in [1.807, 2.05) is 12.1 Å². The molecule has 0 saturated heterocycles. The third-order valence-electron chi connectivity index (χ3n) is 4.15. The minimum Gasteiger partial charge on any atom is -0.392 e. The van der Waals surface area contributed by atoms with Gasteiger partial charge in [-0.1, -0.05) is 33.1 Å². The van der Waals surface area contributed by atoms with Crippen molar-refractivity contribution in [3.05, 3.63) is 23.4 Å². The van der Waals surface area contributed by atoms with Crippen LogP contribution in [0.25, 0.3) is 0 Å². The van der Waals surface area contributed by atoms with Gasteiger partial charge in [-0.05, 0) is 36.5 Å². The molecule has 0 radical (unpaired) electrons. The van der Waals surface area contributed by atoms with E-state index in [4.69, 9.17) is 4.98 Å². The van der Waals surface area contributed by atoms with Gasteiger partial charge in [0.25, 0.3) is 0 Å². The number of aromatic nitrogens is 1. The molecular weight excluding hydrogens is 236 g/mol. The molecule has 1 N–H and O–H groups in total. The maximum Gasteiger partial charge on any atom is 0.129 e. The van der Waals surface area contributed by atoms with Gasteiger partial charge in [0, 0.05) is 18.8 Å². The van der Waals surface area contributed by atoms with Crippen molar-refractivity contribution in [3.8, 4) is 0 Å². The van der Waals surface area contributed by atoms with E-state index in [1.165, 1.54) is 32.1 Å². The fraction of sp³-hybridized carbons (Fsp3) is 0.688. The highest BCUT2D eigenvalue weighted by molar-refractivity contribution is 5.43. The Bertz CT molecular complexity index is 411. The van der Waals surface area contributed by atoms with E-state index in [0.717, 1.165) is 17.1 Å². The van der Waals surface area contributed by atoms with Gasteiger partial charge in [0.2, 0.25) is 0 Å². The number of hydrogen-bond donors (Lipinski definition) is 1. The van der Waals surface area contributed by atoms with E-state index >= 15 is 0 Å². The van der Waals surface area contributed by atoms with Crippen LogP contribution in [0.5, 0.6) is 0 Å². The smallest absolute Gasteiger partial charge is 0.129 e. The first-order valence-electron chi connectivity index (χ1n) is 7.46. The molecule has 1 aromatic heterocycles. The molecule has 106 valence electrons. The number of aliphatic hydroxyl groups excluding tert-OH is 1. The van der Waals surface area contributed by atoms with Gasteiger partial charge in [0.15, 0.2) is 0 Å². The van der Waals surface area contributed by atoms with E-state index in [9.17, 15) is 5.11 Å². The molecule has 0 atom stereocenters. The van der Waals surface area contributed by atoms with Gasteiger partial charge in [0.1, 0.15) is 5.82 Å². The molecule has 3 heteroatoms. The molecule has 0 amide bonds. The lowest BCUT2D eigenvalue weighted by atomic mass is 9.94. The molecular formula is C16H26N2O. The zero-order valence-electron chi connectivity index (χ0n) is 12.4. The summed E-state index contributed by atoms with van der Waals surface area (Å²) in [6, 6.07) is 4.65. The summed E-state index contributed by atoms with van der Waals surface area (Å²) in [6.07, 6.45) is 6.54. The molecule has 19 heavy (non-hydrogen) atoms. The predicted octanol–water partition coefficient (Wildman–Crippen LogP) is 3.47. The molecule has 0 spiro atoms. The quantitative estimate of drug-likeness (QED) is 0.902. The van der Waals surface area contributed by atoms with Crippen LogP contribution >= 0.6 is 0 Å². The fourth-order valence-corrected chi connectivity index (χ4v) is 2.82. The summed E-state index contributed by atoms with van der Waals surface area (Å²) < 4.78 is 0. The molecule has 0 bridgehead atoms. The molecule has 0 unspecified atom stereocenters. The van der Waals surface area contributed by atoms with Crippen LogP contribution in [0.2, 0.25) is 0 Å². The summed E-state index contributed by atoms with van der Waals surface area (Å²) >= 11 is 0. The molecule has 1 aliphatic rings. The number of aliphatic hydroxyl groups is 1. The lowest BCUT2D eigenvalue weighted by molar-refractivity contribution is 0.281. The Kier molecular flexibility index (Phi) is 4.81. The normalized spacial score (nSPS) is 16.9. The molecule has 0 aromatic carbocycles. The van der Waals surface area contributed by atoms with E-state index in [1.54, 1.807) is 0 Å². The van der Waals surface area contributed by atoms with Crippen LogP contribution in [0.4, 0.5) is 5.82 Å². The van der Waals surface area contributed by atoms with Crippen molar-refractivity contribution in [1.82, 2.24) is 4.98 Å². The second kappa shape index (κ2) is 6.38. The van der Waals surface area contributed by atoms with Crippen LogP contribution < -0.4 is 4.90 Å². The standard InChI is InChI=1S/C16H26N2O/c1-12(2)15-9-13(11-19)10-16(17-15)18(3)14-7-5-4-6-8-14/h9-10,12,14,19H,4-8,11H2,1-3H3. The number of rotatable bonds is 4. The molecule has 1 aromatic rings. The van der Waals surface area contributed by atoms with Gasteiger partial charge in [-0.3, -0.25) is 0 Å². The maximum absolute atomic E-state index is 9.41. The van der Waals surface area contributed by atoms with E-state index in [0.29, 0.717) is 12.0 Å². The van der Waals surface area contributed by atoms with Gasteiger partial charge in [-0.2, -0.15) is 0 Å². The largest absolute Gasteiger partial charge is 0.392 e. The van der Waals surface area contributed by atoms with Crippen molar-refractivity contribution in [1.29, 1.82) is 0 Å². The Labute approximate surface area is 116 Å². The Morgan fingerprint density at radius 3 is 2.53 bits per heavy atom. The van der Waals surface area contributed by atoms with Crippen LogP contribution in [0, 0.1) is 0 Å². The number of hydrogen-bond acceptors (Lipinski definition) is 3. The van der Waals surface area contributed by atoms with Gasteiger partial charge in [-0.15, -0.1) is 0 Å². The minimum absolute atomic E-state index is 0.0910. The molecule has 1 aliphatic carbocycles. The van der Waals surface area contributed by atoms with Gasteiger partial charge in [-0.25, -0.2) is 4.98 Å². The molecule has 1 fully saturated rings. The second-order valence-corrected chi connectivity index (χ2v) is 5.97. The van der Waals surface area contributed by atoms with Crippen LogP contribution in [0.3, 0.4) is 0 Å². The molecule has 2 rings (SSSR count). The fourth-order valence-electron chi connectivity index (χ4n) is 2.82. The first-order chi connectivity index (χ1) is 9.11. The maximum atomic E-state index is 9.41. The summed E-state index contributed by atoms with van der Waals surface area (Å²) in [5, 5.41) is 9.41. The summed E-state index contributed by atoms with van der Waals surface area (Å²) in [4.78, 5) is 7.08. The number of pyridine rings is 1. The highest BCUT2D eigenvalue weighted by Gasteiger charge is 2.20. The van der Waals surface area contributed by atoms with Crippen molar-refractivity contribution >= 4 is 5.82 Å². The number of anilines is 1. The third-order valence-corrected chi connectivity index (χ3v) is 4.15. The summed E-state index contributed by atoms with van der Waals surface area (Å²) in [6.45, 7) is 4.38. The Morgan fingerprint density at radius 2 is 1.95 bits per heavy atom. The predicted molar refractivity (Wildman–Crippen MR) is 79.5 cm³/mol. The monoisotopic (exact) mass is 262 g/mol. The highest BCUT2D eigenvalue weighted by atomic mass is 16.3. The van der Waals surface area contributed by atoms with Crippen LogP contribution in [-0.2, 0) is 6.61 Å². The van der Waals surface area contributed by atoms with E-state index in [2.05, 4.69) is 25.8 Å². The summed E-state index contributed by atoms with van der Waals surface area (Å²) in [5.41, 5.74) is 2.04. The van der Waals surface area contributed by atoms with Gasteiger partial charge < -0.3 is 10.0 Å². The molecule has 1 saturated carbocycles. The SMILES string of the molecule is CC(C)c1cc(CO)cc(N(C)C2CCCCC2)n1. The van der Waals surface area contributed by atoms with Crippen LogP contribution in [0.15, 0.2) is 12.1 Å². The zero-order valence-corrected chi connectivity index (χ0v) is 12.4. The average molecular weight is 262 g/mol. The Morgan fingerprint density at radius 1 is 1.26 bits per heavy atom. The van der Waals surface area contributed by atoms with Crippen molar-refractivity contribution in [2.24, 2.45) is 0 Å². The highest BCUT2D eigenvalue weighted by Crippen LogP contribution is 2.27. The van der Waals surface area contributed by atoms with Crippen LogP contribution in [-0.4, -0.2) is 23.2 Å². The molecule has 3 nitrogen and oxygen atoms in total. The molecule has 1 heterocycles. The first-order valence-corrected chi connectivity index (χ1v) is 7.46. The summed E-state index contributed by atoms with van der Waals surface area (Å²) in [5.74, 6) is 1.41. The minimum atomic E-state index is 0.0910. The number of nitrogens with zero attached hydrogens (tertiary/aromatic N) is 2. The van der Waals surface area contributed by atoms with Crippen molar-refractivity contribution in [2.45, 2.75) is 64.5 Å². The lowest BCUT2D eigenvalue weighted by Gasteiger charge is -2.32. The van der Waals surface area contributed by atoms with Gasteiger partial charge in [0.05, 0.1) is 6.61 Å². The van der Waals surface area contributed by atoms with Crippen molar-refractivity contribution < 1.29 is 5.11 Å². The third kappa shape index (κ3) is 3.47. The Balaban J connectivity index is 2.24.